The fourth-order valence-electron chi connectivity index (χ4n) is 3.68. The van der Waals surface area contributed by atoms with Gasteiger partial charge in [-0.25, -0.2) is 0 Å². The van der Waals surface area contributed by atoms with Crippen LogP contribution in [0.4, 0.5) is 0 Å². The second kappa shape index (κ2) is 8.11. The van der Waals surface area contributed by atoms with Gasteiger partial charge < -0.3 is 9.57 Å². The van der Waals surface area contributed by atoms with Crippen molar-refractivity contribution in [3.63, 3.8) is 0 Å². The van der Waals surface area contributed by atoms with Crippen LogP contribution < -0.4 is 0 Å². The minimum atomic E-state index is -0.730. The number of esters is 1. The summed E-state index contributed by atoms with van der Waals surface area (Å²) in [6.45, 7) is 7.39. The van der Waals surface area contributed by atoms with Gasteiger partial charge in [-0.05, 0) is 55.9 Å². The van der Waals surface area contributed by atoms with E-state index >= 15 is 0 Å². The van der Waals surface area contributed by atoms with E-state index in [1.54, 1.807) is 7.11 Å². The molecule has 1 aliphatic heterocycles. The SMILES string of the molecule is COC(=O)C1(CC(=O)Cc2c(C)ccc(C)c2C)CCN(OC)CC1. The van der Waals surface area contributed by atoms with Crippen molar-refractivity contribution in [1.29, 1.82) is 0 Å². The lowest BCUT2D eigenvalue weighted by Gasteiger charge is -2.38. The van der Waals surface area contributed by atoms with Gasteiger partial charge in [-0.15, -0.1) is 0 Å². The third kappa shape index (κ3) is 4.28. The molecular formula is C20H29NO4. The molecule has 5 heteroatoms. The quantitative estimate of drug-likeness (QED) is 0.741. The Morgan fingerprint density at radius 3 is 2.24 bits per heavy atom. The lowest BCUT2D eigenvalue weighted by molar-refractivity contribution is -0.179. The zero-order valence-electron chi connectivity index (χ0n) is 16.0. The minimum Gasteiger partial charge on any atom is -0.469 e. The Morgan fingerprint density at radius 2 is 1.68 bits per heavy atom. The van der Waals surface area contributed by atoms with Crippen molar-refractivity contribution in [3.05, 3.63) is 34.4 Å². The van der Waals surface area contributed by atoms with E-state index in [4.69, 9.17) is 9.57 Å². The van der Waals surface area contributed by atoms with Crippen molar-refractivity contribution >= 4 is 11.8 Å². The standard InChI is InChI=1S/C20H29NO4/c1-14-6-7-15(2)18(16(14)3)12-17(22)13-20(19(23)24-4)8-10-21(25-5)11-9-20/h6-7H,8-13H2,1-5H3. The number of nitrogens with zero attached hydrogens (tertiary/aromatic N) is 1. The van der Waals surface area contributed by atoms with Crippen LogP contribution in [-0.4, -0.2) is 44.1 Å². The number of piperidine rings is 1. The average Bonchev–Trinajstić information content (AvgIpc) is 2.61. The summed E-state index contributed by atoms with van der Waals surface area (Å²) in [5.74, 6) is -0.192. The lowest BCUT2D eigenvalue weighted by atomic mass is 9.74. The third-order valence-electron chi connectivity index (χ3n) is 5.57. The van der Waals surface area contributed by atoms with Gasteiger partial charge in [-0.3, -0.25) is 9.59 Å². The highest BCUT2D eigenvalue weighted by atomic mass is 16.7. The maximum atomic E-state index is 12.8. The molecule has 1 fully saturated rings. The number of hydrogen-bond acceptors (Lipinski definition) is 5. The van der Waals surface area contributed by atoms with E-state index in [1.165, 1.54) is 12.7 Å². The van der Waals surface area contributed by atoms with Crippen molar-refractivity contribution in [3.8, 4) is 0 Å². The summed E-state index contributed by atoms with van der Waals surface area (Å²) in [7, 11) is 3.02. The molecule has 0 bridgehead atoms. The molecule has 5 nitrogen and oxygen atoms in total. The summed E-state index contributed by atoms with van der Waals surface area (Å²) >= 11 is 0. The van der Waals surface area contributed by atoms with Gasteiger partial charge in [-0.1, -0.05) is 12.1 Å². The molecule has 0 saturated carbocycles. The zero-order chi connectivity index (χ0) is 18.6. The molecule has 1 aromatic carbocycles. The molecule has 0 unspecified atom stereocenters. The molecule has 0 radical (unpaired) electrons. The molecular weight excluding hydrogens is 318 g/mol. The number of carbonyl (C=O) groups is 2. The summed E-state index contributed by atoms with van der Waals surface area (Å²) in [5, 5.41) is 1.82. The molecule has 0 N–H and O–H groups in total. The number of ketones is 1. The fourth-order valence-corrected chi connectivity index (χ4v) is 3.68. The Bertz CT molecular complexity index is 645. The van der Waals surface area contributed by atoms with E-state index in [9.17, 15) is 9.59 Å². The van der Waals surface area contributed by atoms with E-state index in [0.29, 0.717) is 32.4 Å². The number of hydroxylamine groups is 2. The molecule has 1 heterocycles. The van der Waals surface area contributed by atoms with Crippen LogP contribution >= 0.6 is 0 Å². The van der Waals surface area contributed by atoms with Crippen LogP contribution in [0.3, 0.4) is 0 Å². The van der Waals surface area contributed by atoms with Crippen molar-refractivity contribution < 1.29 is 19.2 Å². The summed E-state index contributed by atoms with van der Waals surface area (Å²) in [4.78, 5) is 30.5. The number of methoxy groups -OCH3 is 1. The highest BCUT2D eigenvalue weighted by molar-refractivity contribution is 5.88. The van der Waals surface area contributed by atoms with E-state index in [0.717, 1.165) is 16.7 Å². The zero-order valence-corrected chi connectivity index (χ0v) is 16.0. The van der Waals surface area contributed by atoms with E-state index < -0.39 is 5.41 Å². The van der Waals surface area contributed by atoms with Crippen molar-refractivity contribution in [1.82, 2.24) is 5.06 Å². The maximum Gasteiger partial charge on any atom is 0.312 e. The highest BCUT2D eigenvalue weighted by Crippen LogP contribution is 2.37. The first-order chi connectivity index (χ1) is 11.8. The summed E-state index contributed by atoms with van der Waals surface area (Å²) < 4.78 is 5.03. The molecule has 1 saturated heterocycles. The Labute approximate surface area is 150 Å². The Hall–Kier alpha value is -1.72. The predicted molar refractivity (Wildman–Crippen MR) is 96.2 cm³/mol. The van der Waals surface area contributed by atoms with Crippen molar-refractivity contribution in [2.75, 3.05) is 27.3 Å². The number of Topliss-reactive ketones (excluding diaryl/α,β-unsaturated/α-hetero) is 1. The fraction of sp³-hybridized carbons (Fsp3) is 0.600. The van der Waals surface area contributed by atoms with Gasteiger partial charge in [-0.2, -0.15) is 5.06 Å². The highest BCUT2D eigenvalue weighted by Gasteiger charge is 2.44. The number of rotatable bonds is 6. The number of aryl methyl sites for hydroxylation is 2. The van der Waals surface area contributed by atoms with Gasteiger partial charge in [0.15, 0.2) is 0 Å². The molecule has 25 heavy (non-hydrogen) atoms. The van der Waals surface area contributed by atoms with Gasteiger partial charge in [0.05, 0.1) is 19.6 Å². The lowest BCUT2D eigenvalue weighted by Crippen LogP contribution is -2.45. The number of ether oxygens (including phenoxy) is 1. The minimum absolute atomic E-state index is 0.0908. The molecule has 2 rings (SSSR count). The van der Waals surface area contributed by atoms with Crippen molar-refractivity contribution in [2.24, 2.45) is 5.41 Å². The average molecular weight is 347 g/mol. The van der Waals surface area contributed by atoms with Gasteiger partial charge in [0.1, 0.15) is 5.78 Å². The predicted octanol–water partition coefficient (Wildman–Crippen LogP) is 2.93. The molecule has 0 atom stereocenters. The van der Waals surface area contributed by atoms with Crippen LogP contribution in [0.25, 0.3) is 0 Å². The first kappa shape index (κ1) is 19.6. The van der Waals surface area contributed by atoms with Gasteiger partial charge in [0.25, 0.3) is 0 Å². The molecule has 1 aliphatic rings. The van der Waals surface area contributed by atoms with Gasteiger partial charge >= 0.3 is 5.97 Å². The van der Waals surface area contributed by atoms with E-state index in [1.807, 2.05) is 12.0 Å². The smallest absolute Gasteiger partial charge is 0.312 e. The third-order valence-corrected chi connectivity index (χ3v) is 5.57. The Kier molecular flexibility index (Phi) is 6.36. The Morgan fingerprint density at radius 1 is 1.08 bits per heavy atom. The van der Waals surface area contributed by atoms with E-state index in [-0.39, 0.29) is 18.2 Å². The van der Waals surface area contributed by atoms with Crippen LogP contribution in [-0.2, 0) is 25.6 Å². The maximum absolute atomic E-state index is 12.8. The monoisotopic (exact) mass is 347 g/mol. The summed E-state index contributed by atoms with van der Waals surface area (Å²) in [6, 6.07) is 4.13. The van der Waals surface area contributed by atoms with Crippen LogP contribution in [0, 0.1) is 26.2 Å². The molecule has 0 aliphatic carbocycles. The van der Waals surface area contributed by atoms with Crippen molar-refractivity contribution in [2.45, 2.75) is 46.5 Å². The first-order valence-corrected chi connectivity index (χ1v) is 8.78. The second-order valence-electron chi connectivity index (χ2n) is 7.08. The molecule has 0 aromatic heterocycles. The molecule has 1 aromatic rings. The topological polar surface area (TPSA) is 55.8 Å². The van der Waals surface area contributed by atoms with Crippen LogP contribution in [0.2, 0.25) is 0 Å². The number of carbonyl (C=O) groups excluding carboxylic acids is 2. The number of hydrogen-bond donors (Lipinski definition) is 0. The largest absolute Gasteiger partial charge is 0.469 e. The second-order valence-corrected chi connectivity index (χ2v) is 7.08. The van der Waals surface area contributed by atoms with Gasteiger partial charge in [0, 0.05) is 25.9 Å². The van der Waals surface area contributed by atoms with Crippen LogP contribution in [0.1, 0.15) is 41.5 Å². The van der Waals surface area contributed by atoms with Crippen LogP contribution in [0.5, 0.6) is 0 Å². The molecule has 0 amide bonds. The van der Waals surface area contributed by atoms with Gasteiger partial charge in [0.2, 0.25) is 0 Å². The summed E-state index contributed by atoms with van der Waals surface area (Å²) in [5.41, 5.74) is 3.82. The number of benzene rings is 1. The van der Waals surface area contributed by atoms with Crippen LogP contribution in [0.15, 0.2) is 12.1 Å². The molecule has 138 valence electrons. The van der Waals surface area contributed by atoms with E-state index in [2.05, 4.69) is 26.0 Å². The normalized spacial score (nSPS) is 17.3. The first-order valence-electron chi connectivity index (χ1n) is 8.78. The Balaban J connectivity index is 2.16. The summed E-state index contributed by atoms with van der Waals surface area (Å²) in [6.07, 6.45) is 1.74. The molecule has 0 spiro atoms.